The Hall–Kier alpha value is -1.10. The van der Waals surface area contributed by atoms with Gasteiger partial charge in [-0.3, -0.25) is 4.79 Å². The quantitative estimate of drug-likeness (QED) is 0.932. The molecule has 1 amide bonds. The monoisotopic (exact) mass is 312 g/mol. The van der Waals surface area contributed by atoms with Crippen molar-refractivity contribution in [3.8, 4) is 0 Å². The van der Waals surface area contributed by atoms with Crippen LogP contribution in [0.4, 0.5) is 0 Å². The molecule has 1 unspecified atom stereocenters. The Kier molecular flexibility index (Phi) is 6.65. The number of carbonyl (C=O) groups excluding carboxylic acids is 1. The predicted molar refractivity (Wildman–Crippen MR) is 86.7 cm³/mol. The van der Waals surface area contributed by atoms with Gasteiger partial charge in [-0.05, 0) is 26.3 Å². The zero-order chi connectivity index (χ0) is 14.6. The van der Waals surface area contributed by atoms with Gasteiger partial charge in [0.05, 0.1) is 5.60 Å². The lowest BCUT2D eigenvalue weighted by atomic mass is 10.1. The lowest BCUT2D eigenvalue weighted by Crippen LogP contribution is -2.49. The molecule has 1 aromatic rings. The van der Waals surface area contributed by atoms with Crippen LogP contribution in [0.15, 0.2) is 30.3 Å². The highest BCUT2D eigenvalue weighted by Gasteiger charge is 2.31. The maximum atomic E-state index is 12.7. The summed E-state index contributed by atoms with van der Waals surface area (Å²) in [6, 6.07) is 9.75. The summed E-state index contributed by atoms with van der Waals surface area (Å²) in [6.45, 7) is 9.13. The van der Waals surface area contributed by atoms with Crippen LogP contribution >= 0.6 is 12.4 Å². The number of carbonyl (C=O) groups is 1. The van der Waals surface area contributed by atoms with Gasteiger partial charge >= 0.3 is 0 Å². The zero-order valence-electron chi connectivity index (χ0n) is 13.0. The number of benzene rings is 1. The molecular formula is C16H25ClN2O2. The Bertz CT molecular complexity index is 439. The molecule has 4 nitrogen and oxygen atoms in total. The molecule has 1 saturated heterocycles. The van der Waals surface area contributed by atoms with Crippen molar-refractivity contribution in [1.82, 2.24) is 10.2 Å². The minimum Gasteiger partial charge on any atom is -0.358 e. The van der Waals surface area contributed by atoms with Crippen molar-refractivity contribution >= 4 is 18.3 Å². The van der Waals surface area contributed by atoms with Crippen molar-refractivity contribution in [2.75, 3.05) is 26.2 Å². The van der Waals surface area contributed by atoms with Gasteiger partial charge in [0.1, 0.15) is 0 Å². The molecule has 2 rings (SSSR count). The van der Waals surface area contributed by atoms with E-state index in [9.17, 15) is 4.79 Å². The Morgan fingerprint density at radius 1 is 1.19 bits per heavy atom. The first kappa shape index (κ1) is 18.0. The highest BCUT2D eigenvalue weighted by atomic mass is 35.5. The maximum Gasteiger partial charge on any atom is 0.256 e. The van der Waals surface area contributed by atoms with Crippen molar-refractivity contribution in [3.05, 3.63) is 35.9 Å². The first-order valence-electron chi connectivity index (χ1n) is 7.20. The molecule has 21 heavy (non-hydrogen) atoms. The van der Waals surface area contributed by atoms with Crippen LogP contribution in [-0.4, -0.2) is 42.6 Å². The minimum atomic E-state index is -0.519. The normalized spacial score (nSPS) is 17.0. The number of nitrogens with zero attached hydrogens (tertiary/aromatic N) is 1. The van der Waals surface area contributed by atoms with Gasteiger partial charge in [-0.2, -0.15) is 0 Å². The van der Waals surface area contributed by atoms with E-state index in [0.29, 0.717) is 0 Å². The molecule has 0 aliphatic carbocycles. The summed E-state index contributed by atoms with van der Waals surface area (Å²) in [5, 5.41) is 3.26. The van der Waals surface area contributed by atoms with Crippen molar-refractivity contribution < 1.29 is 9.53 Å². The maximum absolute atomic E-state index is 12.7. The van der Waals surface area contributed by atoms with Crippen molar-refractivity contribution in [1.29, 1.82) is 0 Å². The van der Waals surface area contributed by atoms with Gasteiger partial charge in [-0.15, -0.1) is 12.4 Å². The average Bonchev–Trinajstić information content (AvgIpc) is 2.45. The molecular weight excluding hydrogens is 288 g/mol. The topological polar surface area (TPSA) is 41.6 Å². The number of halogens is 1. The van der Waals surface area contributed by atoms with Crippen LogP contribution in [0.1, 0.15) is 32.4 Å². The fourth-order valence-corrected chi connectivity index (χ4v) is 2.29. The number of hydrogen-bond donors (Lipinski definition) is 1. The van der Waals surface area contributed by atoms with Gasteiger partial charge < -0.3 is 15.0 Å². The number of nitrogens with one attached hydrogen (secondary N) is 1. The summed E-state index contributed by atoms with van der Waals surface area (Å²) >= 11 is 0. The molecule has 5 heteroatoms. The zero-order valence-corrected chi connectivity index (χ0v) is 13.8. The molecule has 1 N–H and O–H groups in total. The Balaban J connectivity index is 0.00000220. The third kappa shape index (κ3) is 5.30. The van der Waals surface area contributed by atoms with E-state index >= 15 is 0 Å². The molecule has 0 spiro atoms. The Labute approximate surface area is 133 Å². The van der Waals surface area contributed by atoms with Crippen molar-refractivity contribution in [2.24, 2.45) is 0 Å². The van der Waals surface area contributed by atoms with E-state index in [1.807, 2.05) is 56.0 Å². The van der Waals surface area contributed by atoms with E-state index in [-0.39, 0.29) is 23.9 Å². The van der Waals surface area contributed by atoms with Crippen molar-refractivity contribution in [2.45, 2.75) is 32.5 Å². The summed E-state index contributed by atoms with van der Waals surface area (Å²) in [5.41, 5.74) is 0.565. The first-order chi connectivity index (χ1) is 9.47. The van der Waals surface area contributed by atoms with E-state index in [0.717, 1.165) is 31.7 Å². The third-order valence-electron chi connectivity index (χ3n) is 3.23. The average molecular weight is 313 g/mol. The fourth-order valence-electron chi connectivity index (χ4n) is 2.29. The van der Waals surface area contributed by atoms with Gasteiger partial charge in [0.15, 0.2) is 6.10 Å². The summed E-state index contributed by atoms with van der Waals surface area (Å²) in [4.78, 5) is 14.6. The Morgan fingerprint density at radius 2 is 1.76 bits per heavy atom. The first-order valence-corrected chi connectivity index (χ1v) is 7.20. The smallest absolute Gasteiger partial charge is 0.256 e. The van der Waals surface area contributed by atoms with E-state index < -0.39 is 6.10 Å². The number of hydrogen-bond acceptors (Lipinski definition) is 3. The van der Waals surface area contributed by atoms with Gasteiger partial charge in [0.2, 0.25) is 0 Å². The minimum absolute atomic E-state index is 0. The molecule has 0 radical (unpaired) electrons. The third-order valence-corrected chi connectivity index (χ3v) is 3.23. The van der Waals surface area contributed by atoms with Crippen LogP contribution < -0.4 is 5.32 Å². The molecule has 0 aromatic heterocycles. The molecule has 1 aliphatic heterocycles. The van der Waals surface area contributed by atoms with E-state index in [1.54, 1.807) is 0 Å². The lowest BCUT2D eigenvalue weighted by molar-refractivity contribution is -0.154. The summed E-state index contributed by atoms with van der Waals surface area (Å²) in [6.07, 6.45) is -0.519. The van der Waals surface area contributed by atoms with Gasteiger partial charge in [0.25, 0.3) is 5.91 Å². The highest BCUT2D eigenvalue weighted by Crippen LogP contribution is 2.26. The molecule has 118 valence electrons. The number of ether oxygens (including phenoxy) is 1. The lowest BCUT2D eigenvalue weighted by Gasteiger charge is -2.34. The predicted octanol–water partition coefficient (Wildman–Crippen LogP) is 2.40. The van der Waals surface area contributed by atoms with E-state index in [2.05, 4.69) is 5.32 Å². The standard InChI is InChI=1S/C16H24N2O2.ClH/c1-16(2,3)20-14(13-7-5-4-6-8-13)15(19)18-11-9-17-10-12-18;/h4-8,14,17H,9-12H2,1-3H3;1H. The summed E-state index contributed by atoms with van der Waals surface area (Å²) in [7, 11) is 0. The second-order valence-corrected chi connectivity index (χ2v) is 6.10. The number of piperazine rings is 1. The van der Waals surface area contributed by atoms with Crippen LogP contribution in [0.2, 0.25) is 0 Å². The number of amides is 1. The van der Waals surface area contributed by atoms with E-state index in [4.69, 9.17) is 4.74 Å². The van der Waals surface area contributed by atoms with Gasteiger partial charge in [-0.25, -0.2) is 0 Å². The van der Waals surface area contributed by atoms with E-state index in [1.165, 1.54) is 0 Å². The second-order valence-electron chi connectivity index (χ2n) is 6.10. The van der Waals surface area contributed by atoms with Gasteiger partial charge in [-0.1, -0.05) is 30.3 Å². The van der Waals surface area contributed by atoms with Crippen LogP contribution in [0.5, 0.6) is 0 Å². The largest absolute Gasteiger partial charge is 0.358 e. The summed E-state index contributed by atoms with van der Waals surface area (Å²) < 4.78 is 6.03. The highest BCUT2D eigenvalue weighted by molar-refractivity contribution is 5.85. The molecule has 1 fully saturated rings. The molecule has 1 heterocycles. The summed E-state index contributed by atoms with van der Waals surface area (Å²) in [5.74, 6) is 0.0626. The second kappa shape index (κ2) is 7.78. The van der Waals surface area contributed by atoms with Crippen LogP contribution in [0, 0.1) is 0 Å². The van der Waals surface area contributed by atoms with Crippen molar-refractivity contribution in [3.63, 3.8) is 0 Å². The molecule has 1 atom stereocenters. The Morgan fingerprint density at radius 3 is 2.29 bits per heavy atom. The fraction of sp³-hybridized carbons (Fsp3) is 0.562. The molecule has 0 saturated carbocycles. The molecule has 0 bridgehead atoms. The SMILES string of the molecule is CC(C)(C)OC(C(=O)N1CCNCC1)c1ccccc1.Cl. The van der Waals surface area contributed by atoms with Gasteiger partial charge in [0, 0.05) is 26.2 Å². The molecule has 1 aromatic carbocycles. The van der Waals surface area contributed by atoms with Crippen LogP contribution in [0.3, 0.4) is 0 Å². The van der Waals surface area contributed by atoms with Crippen LogP contribution in [-0.2, 0) is 9.53 Å². The van der Waals surface area contributed by atoms with Crippen LogP contribution in [0.25, 0.3) is 0 Å². The molecule has 1 aliphatic rings. The number of rotatable bonds is 3.